The molecule has 4 N–H and O–H groups in total. The molecule has 1 aliphatic heterocycles. The summed E-state index contributed by atoms with van der Waals surface area (Å²) in [5, 5.41) is 14.5. The van der Waals surface area contributed by atoms with Gasteiger partial charge in [-0.15, -0.1) is 11.3 Å². The number of likely N-dealkylation sites (tertiary alicyclic amines) is 1. The number of nitrogen functional groups attached to an aromatic ring is 1. The van der Waals surface area contributed by atoms with Gasteiger partial charge in [-0.05, 0) is 72.8 Å². The molecule has 1 unspecified atom stereocenters. The summed E-state index contributed by atoms with van der Waals surface area (Å²) >= 11 is 1.62. The number of hydrogen-bond donors (Lipinski definition) is 3. The van der Waals surface area contributed by atoms with Crippen LogP contribution in [0.2, 0.25) is 0 Å². The molecule has 154 valence electrons. The van der Waals surface area contributed by atoms with Gasteiger partial charge in [-0.2, -0.15) is 0 Å². The molecule has 7 heteroatoms. The van der Waals surface area contributed by atoms with Crippen molar-refractivity contribution in [2.45, 2.75) is 18.9 Å². The molecular weight excluding hydrogens is 398 g/mol. The van der Waals surface area contributed by atoms with Crippen LogP contribution in [0.4, 0.5) is 11.4 Å². The highest BCUT2D eigenvalue weighted by atomic mass is 32.1. The van der Waals surface area contributed by atoms with Gasteiger partial charge in [0.1, 0.15) is 6.04 Å². The minimum Gasteiger partial charge on any atom is -0.480 e. The van der Waals surface area contributed by atoms with Crippen LogP contribution in [0.5, 0.6) is 0 Å². The SMILES string of the molecule is Nc1ccc(-c2cccs2)cc1NC(=O)c1ccc(C(C(=O)O)N2CCCC2)cc1. The Morgan fingerprint density at radius 2 is 1.80 bits per heavy atom. The molecule has 4 rings (SSSR count). The number of anilines is 2. The number of nitrogens with zero attached hydrogens (tertiary/aromatic N) is 1. The van der Waals surface area contributed by atoms with Gasteiger partial charge < -0.3 is 16.2 Å². The van der Waals surface area contributed by atoms with Gasteiger partial charge in [-0.1, -0.05) is 24.3 Å². The van der Waals surface area contributed by atoms with Crippen LogP contribution >= 0.6 is 11.3 Å². The lowest BCUT2D eigenvalue weighted by molar-refractivity contribution is -0.143. The molecule has 3 aromatic rings. The van der Waals surface area contributed by atoms with Crippen LogP contribution in [-0.2, 0) is 4.79 Å². The van der Waals surface area contributed by atoms with Crippen molar-refractivity contribution in [2.24, 2.45) is 0 Å². The maximum absolute atomic E-state index is 12.7. The molecule has 1 amide bonds. The molecule has 2 heterocycles. The van der Waals surface area contributed by atoms with Gasteiger partial charge in [0.25, 0.3) is 5.91 Å². The van der Waals surface area contributed by atoms with Crippen molar-refractivity contribution in [3.63, 3.8) is 0 Å². The number of thiophene rings is 1. The maximum atomic E-state index is 12.7. The molecule has 0 saturated carbocycles. The average molecular weight is 422 g/mol. The summed E-state index contributed by atoms with van der Waals surface area (Å²) < 4.78 is 0. The highest BCUT2D eigenvalue weighted by molar-refractivity contribution is 7.13. The summed E-state index contributed by atoms with van der Waals surface area (Å²) in [6, 6.07) is 15.6. The Morgan fingerprint density at radius 1 is 1.07 bits per heavy atom. The van der Waals surface area contributed by atoms with Crippen molar-refractivity contribution in [3.05, 3.63) is 71.1 Å². The summed E-state index contributed by atoms with van der Waals surface area (Å²) in [6.07, 6.45) is 2.02. The zero-order valence-corrected chi connectivity index (χ0v) is 17.2. The fourth-order valence-corrected chi connectivity index (χ4v) is 4.51. The van der Waals surface area contributed by atoms with Crippen molar-refractivity contribution < 1.29 is 14.7 Å². The molecule has 1 aliphatic rings. The number of carbonyl (C=O) groups excluding carboxylic acids is 1. The Labute approximate surface area is 179 Å². The number of amides is 1. The molecule has 6 nitrogen and oxygen atoms in total. The van der Waals surface area contributed by atoms with E-state index in [9.17, 15) is 14.7 Å². The van der Waals surface area contributed by atoms with E-state index in [1.165, 1.54) is 0 Å². The Kier molecular flexibility index (Phi) is 5.83. The van der Waals surface area contributed by atoms with Gasteiger partial charge in [0.15, 0.2) is 0 Å². The smallest absolute Gasteiger partial charge is 0.325 e. The van der Waals surface area contributed by atoms with Crippen molar-refractivity contribution in [3.8, 4) is 10.4 Å². The van der Waals surface area contributed by atoms with Gasteiger partial charge >= 0.3 is 5.97 Å². The zero-order valence-electron chi connectivity index (χ0n) is 16.4. The third-order valence-corrected chi connectivity index (χ3v) is 6.25. The Hall–Kier alpha value is -3.16. The molecule has 1 fully saturated rings. The fraction of sp³-hybridized carbons (Fsp3) is 0.217. The van der Waals surface area contributed by atoms with E-state index in [1.807, 2.05) is 34.5 Å². The number of aliphatic carboxylic acids is 1. The highest BCUT2D eigenvalue weighted by Crippen LogP contribution is 2.31. The number of nitrogens with two attached hydrogens (primary N) is 1. The monoisotopic (exact) mass is 421 g/mol. The zero-order chi connectivity index (χ0) is 21.1. The van der Waals surface area contributed by atoms with Crippen LogP contribution < -0.4 is 11.1 Å². The van der Waals surface area contributed by atoms with Crippen LogP contribution in [0.15, 0.2) is 60.0 Å². The van der Waals surface area contributed by atoms with Crippen LogP contribution in [0, 0.1) is 0 Å². The van der Waals surface area contributed by atoms with E-state index in [-0.39, 0.29) is 5.91 Å². The largest absolute Gasteiger partial charge is 0.480 e. The summed E-state index contributed by atoms with van der Waals surface area (Å²) in [7, 11) is 0. The lowest BCUT2D eigenvalue weighted by Gasteiger charge is -2.24. The van der Waals surface area contributed by atoms with Crippen molar-refractivity contribution >= 4 is 34.6 Å². The molecule has 1 aromatic heterocycles. The lowest BCUT2D eigenvalue weighted by atomic mass is 10.0. The molecule has 1 atom stereocenters. The maximum Gasteiger partial charge on any atom is 0.325 e. The molecule has 1 saturated heterocycles. The number of carboxylic acid groups (broad SMARTS) is 1. The van der Waals surface area contributed by atoms with Crippen LogP contribution in [0.1, 0.15) is 34.8 Å². The molecule has 0 radical (unpaired) electrons. The first-order valence-corrected chi connectivity index (χ1v) is 10.7. The second-order valence-electron chi connectivity index (χ2n) is 7.34. The van der Waals surface area contributed by atoms with Crippen LogP contribution in [0.25, 0.3) is 10.4 Å². The summed E-state index contributed by atoms with van der Waals surface area (Å²) in [6.45, 7) is 1.55. The van der Waals surface area contributed by atoms with E-state index in [0.29, 0.717) is 22.5 Å². The van der Waals surface area contributed by atoms with E-state index in [4.69, 9.17) is 5.73 Å². The number of nitrogens with one attached hydrogen (secondary N) is 1. The summed E-state index contributed by atoms with van der Waals surface area (Å²) in [4.78, 5) is 27.6. The average Bonchev–Trinajstić information content (AvgIpc) is 3.44. The van der Waals surface area contributed by atoms with E-state index >= 15 is 0 Å². The van der Waals surface area contributed by atoms with Crippen molar-refractivity contribution in [1.29, 1.82) is 0 Å². The third-order valence-electron chi connectivity index (χ3n) is 5.34. The third kappa shape index (κ3) is 4.22. The molecule has 0 spiro atoms. The van der Waals surface area contributed by atoms with E-state index in [0.717, 1.165) is 36.4 Å². The number of hydrogen-bond acceptors (Lipinski definition) is 5. The number of benzene rings is 2. The minimum atomic E-state index is -0.868. The molecule has 2 aromatic carbocycles. The Bertz CT molecular complexity index is 1040. The fourth-order valence-electron chi connectivity index (χ4n) is 3.78. The molecule has 0 aliphatic carbocycles. The predicted octanol–water partition coefficient (Wildman–Crippen LogP) is 4.47. The second kappa shape index (κ2) is 8.69. The topological polar surface area (TPSA) is 95.7 Å². The number of carboxylic acids is 1. The van der Waals surface area contributed by atoms with Crippen LogP contribution in [0.3, 0.4) is 0 Å². The summed E-state index contributed by atoms with van der Waals surface area (Å²) in [5.41, 5.74) is 9.21. The van der Waals surface area contributed by atoms with Gasteiger partial charge in [0.05, 0.1) is 11.4 Å². The quantitative estimate of drug-likeness (QED) is 0.510. The first kappa shape index (κ1) is 20.1. The van der Waals surface area contributed by atoms with Crippen LogP contribution in [-0.4, -0.2) is 35.0 Å². The van der Waals surface area contributed by atoms with Gasteiger partial charge in [0.2, 0.25) is 0 Å². The Balaban J connectivity index is 1.52. The predicted molar refractivity (Wildman–Crippen MR) is 120 cm³/mol. The van der Waals surface area contributed by atoms with Gasteiger partial charge in [-0.3, -0.25) is 14.5 Å². The summed E-state index contributed by atoms with van der Waals surface area (Å²) in [5.74, 6) is -1.16. The lowest BCUT2D eigenvalue weighted by Crippen LogP contribution is -2.31. The van der Waals surface area contributed by atoms with Gasteiger partial charge in [-0.25, -0.2) is 0 Å². The first-order chi connectivity index (χ1) is 14.5. The number of carbonyl (C=O) groups is 2. The van der Waals surface area contributed by atoms with E-state index in [2.05, 4.69) is 5.32 Å². The minimum absolute atomic E-state index is 0.287. The highest BCUT2D eigenvalue weighted by Gasteiger charge is 2.29. The van der Waals surface area contributed by atoms with E-state index < -0.39 is 12.0 Å². The normalized spacial score (nSPS) is 15.1. The standard InChI is InChI=1S/C23H23N3O3S/c24-18-10-9-17(20-4-3-13-30-20)14-19(18)25-22(27)16-7-5-15(6-8-16)21(23(28)29)26-11-1-2-12-26/h3-10,13-14,21H,1-2,11-12,24H2,(H,25,27)(H,28,29). The van der Waals surface area contributed by atoms with Gasteiger partial charge in [0, 0.05) is 10.4 Å². The van der Waals surface area contributed by atoms with Crippen molar-refractivity contribution in [2.75, 3.05) is 24.1 Å². The number of rotatable bonds is 6. The molecule has 0 bridgehead atoms. The Morgan fingerprint density at radius 3 is 2.43 bits per heavy atom. The van der Waals surface area contributed by atoms with Crippen molar-refractivity contribution in [1.82, 2.24) is 4.90 Å². The van der Waals surface area contributed by atoms with E-state index in [1.54, 1.807) is 41.7 Å². The molecular formula is C23H23N3O3S. The first-order valence-electron chi connectivity index (χ1n) is 9.84. The molecule has 30 heavy (non-hydrogen) atoms. The second-order valence-corrected chi connectivity index (χ2v) is 8.29.